The van der Waals surface area contributed by atoms with Crippen LogP contribution in [-0.4, -0.2) is 49.6 Å². The molecule has 6 heteroatoms. The number of carbonyl (C=O) groups excluding carboxylic acids is 1. The number of rotatable bonds is 8. The van der Waals surface area contributed by atoms with Gasteiger partial charge in [-0.05, 0) is 63.1 Å². The summed E-state index contributed by atoms with van der Waals surface area (Å²) in [5.41, 5.74) is 0.722. The average Bonchev–Trinajstić information content (AvgIpc) is 2.74. The Kier molecular flexibility index (Phi) is 8.30. The van der Waals surface area contributed by atoms with Gasteiger partial charge >= 0.3 is 0 Å². The number of halogens is 1. The quantitative estimate of drug-likeness (QED) is 0.676. The van der Waals surface area contributed by atoms with E-state index in [0.29, 0.717) is 25.3 Å². The van der Waals surface area contributed by atoms with Gasteiger partial charge in [0.15, 0.2) is 0 Å². The summed E-state index contributed by atoms with van der Waals surface area (Å²) in [5.74, 6) is 0.706. The number of anilines is 1. The summed E-state index contributed by atoms with van der Waals surface area (Å²) in [5, 5.41) is 11.7. The monoisotopic (exact) mass is 400 g/mol. The van der Waals surface area contributed by atoms with Crippen LogP contribution in [-0.2, 0) is 4.79 Å². The number of nitrogens with zero attached hydrogens (tertiary/aromatic N) is 3. The van der Waals surface area contributed by atoms with Crippen LogP contribution < -0.4 is 10.2 Å². The van der Waals surface area contributed by atoms with Crippen molar-refractivity contribution in [1.82, 2.24) is 10.2 Å². The zero-order chi connectivity index (χ0) is 20.5. The van der Waals surface area contributed by atoms with Crippen LogP contribution in [0.4, 0.5) is 10.1 Å². The van der Waals surface area contributed by atoms with Crippen LogP contribution in [0, 0.1) is 23.1 Å². The topological polar surface area (TPSA) is 59.4 Å². The first-order valence-corrected chi connectivity index (χ1v) is 11.0. The smallest absolute Gasteiger partial charge is 0.220 e. The summed E-state index contributed by atoms with van der Waals surface area (Å²) >= 11 is 0. The first kappa shape index (κ1) is 21.6. The SMILES string of the molecule is N#CCCCC(=O)NC1CCC(CCN2CCN(c3ccccc3F)CC2)CC1. The lowest BCUT2D eigenvalue weighted by atomic mass is 9.84. The molecule has 0 spiro atoms. The van der Waals surface area contributed by atoms with E-state index >= 15 is 0 Å². The molecule has 1 aromatic carbocycles. The fraction of sp³-hybridized carbons (Fsp3) is 0.652. The maximum atomic E-state index is 14.0. The summed E-state index contributed by atoms with van der Waals surface area (Å²) in [6.45, 7) is 4.85. The van der Waals surface area contributed by atoms with Crippen LogP contribution in [0.1, 0.15) is 51.4 Å². The Balaban J connectivity index is 1.30. The Labute approximate surface area is 173 Å². The predicted octanol–water partition coefficient (Wildman–Crippen LogP) is 3.71. The standard InChI is InChI=1S/C23H33FN4O/c24-21-5-1-2-6-22(21)28-17-15-27(16-18-28)14-12-19-8-10-20(11-9-19)26-23(29)7-3-4-13-25/h1-2,5-6,19-20H,3-4,7-12,14-18H2,(H,26,29). The van der Waals surface area contributed by atoms with Gasteiger partial charge < -0.3 is 10.2 Å². The van der Waals surface area contributed by atoms with Crippen molar-refractivity contribution in [2.24, 2.45) is 5.92 Å². The normalized spacial score (nSPS) is 22.8. The largest absolute Gasteiger partial charge is 0.367 e. The van der Waals surface area contributed by atoms with Gasteiger partial charge in [0.2, 0.25) is 5.91 Å². The van der Waals surface area contributed by atoms with Gasteiger partial charge in [-0.15, -0.1) is 0 Å². The molecule has 1 aliphatic carbocycles. The van der Waals surface area contributed by atoms with Crippen molar-refractivity contribution < 1.29 is 9.18 Å². The third-order valence-corrected chi connectivity index (χ3v) is 6.32. The van der Waals surface area contributed by atoms with Crippen LogP contribution in [0.25, 0.3) is 0 Å². The minimum Gasteiger partial charge on any atom is -0.367 e. The molecule has 0 bridgehead atoms. The lowest BCUT2D eigenvalue weighted by molar-refractivity contribution is -0.122. The van der Waals surface area contributed by atoms with Crippen LogP contribution in [0.5, 0.6) is 0 Å². The van der Waals surface area contributed by atoms with Gasteiger partial charge in [-0.3, -0.25) is 9.69 Å². The minimum atomic E-state index is -0.130. The Morgan fingerprint density at radius 1 is 1.14 bits per heavy atom. The fourth-order valence-electron chi connectivity index (χ4n) is 4.51. The zero-order valence-corrected chi connectivity index (χ0v) is 17.3. The molecule has 1 aliphatic heterocycles. The molecule has 0 radical (unpaired) electrons. The molecule has 1 saturated carbocycles. The molecule has 1 aromatic rings. The van der Waals surface area contributed by atoms with Crippen LogP contribution in [0.2, 0.25) is 0 Å². The van der Waals surface area contributed by atoms with Crippen molar-refractivity contribution in [1.29, 1.82) is 5.26 Å². The predicted molar refractivity (Wildman–Crippen MR) is 113 cm³/mol. The van der Waals surface area contributed by atoms with Crippen molar-refractivity contribution in [2.45, 2.75) is 57.4 Å². The molecule has 1 saturated heterocycles. The van der Waals surface area contributed by atoms with Gasteiger partial charge in [-0.25, -0.2) is 4.39 Å². The highest BCUT2D eigenvalue weighted by Crippen LogP contribution is 2.27. The molecule has 29 heavy (non-hydrogen) atoms. The summed E-state index contributed by atoms with van der Waals surface area (Å²) < 4.78 is 14.0. The van der Waals surface area contributed by atoms with Gasteiger partial charge in [-0.1, -0.05) is 12.1 Å². The highest BCUT2D eigenvalue weighted by Gasteiger charge is 2.24. The van der Waals surface area contributed by atoms with Crippen molar-refractivity contribution in [2.75, 3.05) is 37.6 Å². The zero-order valence-electron chi connectivity index (χ0n) is 17.3. The molecule has 2 fully saturated rings. The number of nitrogens with one attached hydrogen (secondary N) is 1. The van der Waals surface area contributed by atoms with Crippen molar-refractivity contribution in [3.63, 3.8) is 0 Å². The molecule has 0 atom stereocenters. The molecule has 5 nitrogen and oxygen atoms in total. The first-order valence-electron chi connectivity index (χ1n) is 11.0. The Morgan fingerprint density at radius 3 is 2.55 bits per heavy atom. The molecule has 1 amide bonds. The summed E-state index contributed by atoms with van der Waals surface area (Å²) in [6, 6.07) is 9.43. The second kappa shape index (κ2) is 11.2. The van der Waals surface area contributed by atoms with Gasteiger partial charge in [0, 0.05) is 45.1 Å². The number of benzene rings is 1. The second-order valence-corrected chi connectivity index (χ2v) is 8.37. The van der Waals surface area contributed by atoms with Crippen molar-refractivity contribution in [3.8, 4) is 6.07 Å². The Hall–Kier alpha value is -2.13. The van der Waals surface area contributed by atoms with Crippen molar-refractivity contribution >= 4 is 11.6 Å². The van der Waals surface area contributed by atoms with Gasteiger partial charge in [0.05, 0.1) is 11.8 Å². The van der Waals surface area contributed by atoms with Gasteiger partial charge in [-0.2, -0.15) is 5.26 Å². The molecular weight excluding hydrogens is 367 g/mol. The fourth-order valence-corrected chi connectivity index (χ4v) is 4.51. The van der Waals surface area contributed by atoms with E-state index in [-0.39, 0.29) is 11.7 Å². The number of carbonyl (C=O) groups is 1. The third-order valence-electron chi connectivity index (χ3n) is 6.32. The Morgan fingerprint density at radius 2 is 1.86 bits per heavy atom. The molecular formula is C23H33FN4O. The Bertz CT molecular complexity index is 688. The highest BCUT2D eigenvalue weighted by molar-refractivity contribution is 5.76. The van der Waals surface area contributed by atoms with Crippen LogP contribution in [0.3, 0.4) is 0 Å². The average molecular weight is 401 g/mol. The number of amides is 1. The molecule has 3 rings (SSSR count). The molecule has 2 aliphatic rings. The number of hydrogen-bond donors (Lipinski definition) is 1. The highest BCUT2D eigenvalue weighted by atomic mass is 19.1. The number of nitriles is 1. The number of para-hydroxylation sites is 1. The van der Waals surface area contributed by atoms with Gasteiger partial charge in [0.1, 0.15) is 5.82 Å². The first-order chi connectivity index (χ1) is 14.2. The summed E-state index contributed by atoms with van der Waals surface area (Å²) in [4.78, 5) is 16.5. The molecule has 1 heterocycles. The van der Waals surface area contributed by atoms with E-state index in [9.17, 15) is 9.18 Å². The van der Waals surface area contributed by atoms with E-state index in [0.717, 1.165) is 57.2 Å². The second-order valence-electron chi connectivity index (χ2n) is 8.37. The van der Waals surface area contributed by atoms with E-state index in [1.165, 1.54) is 25.3 Å². The lowest BCUT2D eigenvalue weighted by Crippen LogP contribution is -2.47. The number of unbranched alkanes of at least 4 members (excludes halogenated alkanes) is 1. The summed E-state index contributed by atoms with van der Waals surface area (Å²) in [7, 11) is 0. The van der Waals surface area contributed by atoms with Crippen LogP contribution >= 0.6 is 0 Å². The lowest BCUT2D eigenvalue weighted by Gasteiger charge is -2.37. The van der Waals surface area contributed by atoms with E-state index < -0.39 is 0 Å². The van der Waals surface area contributed by atoms with E-state index in [1.54, 1.807) is 6.07 Å². The van der Waals surface area contributed by atoms with Gasteiger partial charge in [0.25, 0.3) is 0 Å². The summed E-state index contributed by atoms with van der Waals surface area (Å²) in [6.07, 6.45) is 7.27. The van der Waals surface area contributed by atoms with E-state index in [1.807, 2.05) is 12.1 Å². The molecule has 158 valence electrons. The maximum Gasteiger partial charge on any atom is 0.220 e. The van der Waals surface area contributed by atoms with E-state index in [4.69, 9.17) is 5.26 Å². The van der Waals surface area contributed by atoms with Crippen molar-refractivity contribution in [3.05, 3.63) is 30.1 Å². The van der Waals surface area contributed by atoms with Crippen LogP contribution in [0.15, 0.2) is 24.3 Å². The molecule has 1 N–H and O–H groups in total. The number of hydrogen-bond acceptors (Lipinski definition) is 4. The maximum absolute atomic E-state index is 14.0. The minimum absolute atomic E-state index is 0.0939. The molecule has 0 unspecified atom stereocenters. The third kappa shape index (κ3) is 6.71. The molecule has 0 aromatic heterocycles. The van der Waals surface area contributed by atoms with E-state index in [2.05, 4.69) is 21.2 Å². The number of piperazine rings is 1.